The fraction of sp³-hybridized carbons (Fsp3) is 0.125. The van der Waals surface area contributed by atoms with Crippen LogP contribution in [0.15, 0.2) is 17.1 Å². The van der Waals surface area contributed by atoms with E-state index in [1.807, 2.05) is 6.07 Å². The first-order valence-electron chi connectivity index (χ1n) is 7.31. The smallest absolute Gasteiger partial charge is 0.211 e. The Labute approximate surface area is 146 Å². The molecule has 2 heterocycles. The molecular weight excluding hydrogens is 342 g/mol. The summed E-state index contributed by atoms with van der Waals surface area (Å²) < 4.78 is 28.4. The van der Waals surface area contributed by atoms with E-state index in [9.17, 15) is 14.0 Å². The zero-order chi connectivity index (χ0) is 19.0. The van der Waals surface area contributed by atoms with Crippen molar-refractivity contribution in [1.29, 1.82) is 10.5 Å². The molecule has 0 bridgehead atoms. The number of nitrogens with two attached hydrogens (primary N) is 2. The van der Waals surface area contributed by atoms with E-state index < -0.39 is 17.7 Å². The van der Waals surface area contributed by atoms with Gasteiger partial charge in [0, 0.05) is 11.1 Å². The predicted octanol–water partition coefficient (Wildman–Crippen LogP) is 1.65. The first-order chi connectivity index (χ1) is 12.4. The fourth-order valence-electron chi connectivity index (χ4n) is 2.76. The molecule has 0 fully saturated rings. The number of halogens is 2. The van der Waals surface area contributed by atoms with Crippen LogP contribution in [0.25, 0.3) is 0 Å². The van der Waals surface area contributed by atoms with E-state index in [1.54, 1.807) is 13.1 Å². The number of nitrogens with zero attached hydrogens (tertiary/aromatic N) is 4. The Kier molecular flexibility index (Phi) is 4.02. The quantitative estimate of drug-likeness (QED) is 0.449. The van der Waals surface area contributed by atoms with Gasteiger partial charge in [0.15, 0.2) is 17.8 Å². The molecule has 0 aliphatic carbocycles. The normalized spacial score (nSPS) is 15.1. The van der Waals surface area contributed by atoms with Crippen molar-refractivity contribution >= 4 is 23.3 Å². The number of nitrogens with one attached hydrogen (secondary N) is 2. The molecule has 6 N–H and O–H groups in total. The van der Waals surface area contributed by atoms with Crippen LogP contribution in [0, 0.1) is 41.3 Å². The van der Waals surface area contributed by atoms with Crippen molar-refractivity contribution < 1.29 is 8.78 Å². The van der Waals surface area contributed by atoms with E-state index >= 15 is 0 Å². The number of fused-ring (bicyclic) bond motifs is 1. The van der Waals surface area contributed by atoms with Gasteiger partial charge in [0.05, 0.1) is 5.69 Å². The Balaban J connectivity index is 2.32. The average Bonchev–Trinajstić information content (AvgIpc) is 2.58. The number of benzene rings is 1. The van der Waals surface area contributed by atoms with Crippen molar-refractivity contribution in [1.82, 2.24) is 10.3 Å². The number of hydrogen-bond donors (Lipinski definition) is 4. The maximum atomic E-state index is 14.5. The largest absolute Gasteiger partial charge is 0.397 e. The maximum Gasteiger partial charge on any atom is 0.211 e. The van der Waals surface area contributed by atoms with E-state index in [0.717, 1.165) is 6.07 Å². The number of nitrogen functional groups attached to an aromatic ring is 2. The summed E-state index contributed by atoms with van der Waals surface area (Å²) >= 11 is 0. The van der Waals surface area contributed by atoms with Gasteiger partial charge in [-0.1, -0.05) is 6.07 Å². The van der Waals surface area contributed by atoms with Crippen LogP contribution in [0.1, 0.15) is 28.3 Å². The van der Waals surface area contributed by atoms with Crippen molar-refractivity contribution in [2.24, 2.45) is 4.99 Å². The summed E-state index contributed by atoms with van der Waals surface area (Å²) in [7, 11) is 0. The highest BCUT2D eigenvalue weighted by Crippen LogP contribution is 2.41. The first-order valence-corrected chi connectivity index (χ1v) is 7.31. The Hall–Kier alpha value is -3.92. The molecule has 0 spiro atoms. The van der Waals surface area contributed by atoms with Gasteiger partial charge in [-0.2, -0.15) is 10.5 Å². The van der Waals surface area contributed by atoms with E-state index in [-0.39, 0.29) is 40.0 Å². The Morgan fingerprint density at radius 2 is 2.00 bits per heavy atom. The second-order valence-electron chi connectivity index (χ2n) is 5.55. The second-order valence-corrected chi connectivity index (χ2v) is 5.55. The minimum absolute atomic E-state index is 0.0395. The van der Waals surface area contributed by atoms with Crippen molar-refractivity contribution in [3.63, 3.8) is 0 Å². The van der Waals surface area contributed by atoms with Gasteiger partial charge in [-0.05, 0) is 18.6 Å². The van der Waals surface area contributed by atoms with Gasteiger partial charge in [-0.25, -0.2) is 18.8 Å². The van der Waals surface area contributed by atoms with Crippen LogP contribution < -0.4 is 22.1 Å². The zero-order valence-corrected chi connectivity index (χ0v) is 13.4. The molecule has 1 unspecified atom stereocenters. The minimum Gasteiger partial charge on any atom is -0.397 e. The van der Waals surface area contributed by atoms with Crippen molar-refractivity contribution in [3.8, 4) is 12.3 Å². The van der Waals surface area contributed by atoms with Crippen molar-refractivity contribution in [3.05, 3.63) is 46.0 Å². The van der Waals surface area contributed by atoms with Crippen LogP contribution in [0.5, 0.6) is 0 Å². The standard InChI is InChI=1S/C16H12F2N8/c1-6-2-7(11(18)9(17)3-6)13-10-12(21)8(4-19)14(22)25-15(10)26-16(24-13)23-5-20/h2-3,13H,1H3,(H6,21,22,23,24,25,26). The molecule has 1 aromatic heterocycles. The summed E-state index contributed by atoms with van der Waals surface area (Å²) in [5.74, 6) is -2.24. The SMILES string of the molecule is Cc1cc(F)c(F)c(C2N=C(NC#N)Nc3nc(N)c(C#N)c(N)c32)c1. The highest BCUT2D eigenvalue weighted by atomic mass is 19.2. The number of anilines is 3. The number of guanidine groups is 1. The van der Waals surface area contributed by atoms with Crippen molar-refractivity contribution in [2.75, 3.05) is 16.8 Å². The molecule has 0 radical (unpaired) electrons. The third-order valence-electron chi connectivity index (χ3n) is 3.85. The molecule has 0 saturated carbocycles. The molecule has 2 aromatic rings. The number of aliphatic imine (C=N–C) groups is 1. The summed E-state index contributed by atoms with van der Waals surface area (Å²) in [5, 5.41) is 23.1. The average molecular weight is 354 g/mol. The van der Waals surface area contributed by atoms with Gasteiger partial charge >= 0.3 is 0 Å². The number of hydrogen-bond acceptors (Lipinski definition) is 8. The van der Waals surface area contributed by atoms with Crippen LogP contribution in [0.3, 0.4) is 0 Å². The molecular formula is C16H12F2N8. The van der Waals surface area contributed by atoms with E-state index in [0.29, 0.717) is 5.56 Å². The molecule has 130 valence electrons. The molecule has 0 amide bonds. The molecule has 1 aliphatic heterocycles. The number of rotatable bonds is 1. The summed E-state index contributed by atoms with van der Waals surface area (Å²) in [5.41, 5.74) is 12.2. The molecule has 10 heteroatoms. The molecule has 3 rings (SSSR count). The first kappa shape index (κ1) is 16.9. The molecule has 1 atom stereocenters. The lowest BCUT2D eigenvalue weighted by Crippen LogP contribution is -2.33. The lowest BCUT2D eigenvalue weighted by molar-refractivity contribution is 0.493. The van der Waals surface area contributed by atoms with Crippen LogP contribution in [0.2, 0.25) is 0 Å². The lowest BCUT2D eigenvalue weighted by Gasteiger charge is -2.26. The highest BCUT2D eigenvalue weighted by molar-refractivity contribution is 5.98. The lowest BCUT2D eigenvalue weighted by atomic mass is 9.93. The van der Waals surface area contributed by atoms with E-state index in [1.165, 1.54) is 6.07 Å². The summed E-state index contributed by atoms with van der Waals surface area (Å²) in [4.78, 5) is 8.23. The highest BCUT2D eigenvalue weighted by Gasteiger charge is 2.32. The maximum absolute atomic E-state index is 14.5. The van der Waals surface area contributed by atoms with Gasteiger partial charge in [0.1, 0.15) is 29.3 Å². The van der Waals surface area contributed by atoms with Crippen LogP contribution in [0.4, 0.5) is 26.1 Å². The third kappa shape index (κ3) is 2.59. The topological polar surface area (TPSA) is 149 Å². The minimum atomic E-state index is -1.13. The Morgan fingerprint density at radius 1 is 1.27 bits per heavy atom. The van der Waals surface area contributed by atoms with Gasteiger partial charge in [-0.15, -0.1) is 0 Å². The number of aryl methyl sites for hydroxylation is 1. The van der Waals surface area contributed by atoms with E-state index in [2.05, 4.69) is 20.6 Å². The van der Waals surface area contributed by atoms with Crippen LogP contribution in [-0.4, -0.2) is 10.9 Å². The Morgan fingerprint density at radius 3 is 2.65 bits per heavy atom. The van der Waals surface area contributed by atoms with Gasteiger partial charge in [0.2, 0.25) is 5.96 Å². The van der Waals surface area contributed by atoms with Crippen LogP contribution in [-0.2, 0) is 0 Å². The van der Waals surface area contributed by atoms with Gasteiger partial charge in [0.25, 0.3) is 0 Å². The Bertz CT molecular complexity index is 1030. The second kappa shape index (κ2) is 6.18. The number of pyridine rings is 1. The molecule has 0 saturated heterocycles. The predicted molar refractivity (Wildman–Crippen MR) is 90.5 cm³/mol. The molecule has 1 aliphatic rings. The zero-order valence-electron chi connectivity index (χ0n) is 13.4. The van der Waals surface area contributed by atoms with Gasteiger partial charge in [-0.3, -0.25) is 5.32 Å². The summed E-state index contributed by atoms with van der Waals surface area (Å²) in [6, 6.07) is 3.16. The molecule has 26 heavy (non-hydrogen) atoms. The number of aromatic nitrogens is 1. The summed E-state index contributed by atoms with van der Waals surface area (Å²) in [6.07, 6.45) is 1.68. The van der Waals surface area contributed by atoms with Gasteiger partial charge < -0.3 is 16.8 Å². The monoisotopic (exact) mass is 354 g/mol. The van der Waals surface area contributed by atoms with Crippen LogP contribution >= 0.6 is 0 Å². The molecule has 8 nitrogen and oxygen atoms in total. The molecule has 1 aromatic carbocycles. The summed E-state index contributed by atoms with van der Waals surface area (Å²) in [6.45, 7) is 1.59. The third-order valence-corrected chi connectivity index (χ3v) is 3.85. The number of nitriles is 2. The van der Waals surface area contributed by atoms with E-state index in [4.69, 9.17) is 16.7 Å². The van der Waals surface area contributed by atoms with Crippen molar-refractivity contribution in [2.45, 2.75) is 13.0 Å². The fourth-order valence-corrected chi connectivity index (χ4v) is 2.76.